The molecule has 4 aromatic rings. The topological polar surface area (TPSA) is 97.3 Å². The zero-order chi connectivity index (χ0) is 28.8. The maximum atomic E-state index is 13.2. The molecule has 0 fully saturated rings. The Morgan fingerprint density at radius 3 is 2.44 bits per heavy atom. The van der Waals surface area contributed by atoms with Gasteiger partial charge in [-0.25, -0.2) is 8.42 Å². The molecule has 1 spiro atoms. The number of nitrogens with one attached hydrogen (secondary N) is 1. The summed E-state index contributed by atoms with van der Waals surface area (Å²) in [6, 6.07) is 24.5. The van der Waals surface area contributed by atoms with Gasteiger partial charge in [0.15, 0.2) is 0 Å². The third-order valence-electron chi connectivity index (χ3n) is 6.98. The van der Waals surface area contributed by atoms with E-state index in [1.807, 2.05) is 32.1 Å². The third kappa shape index (κ3) is 4.85. The molecule has 0 unspecified atom stereocenters. The summed E-state index contributed by atoms with van der Waals surface area (Å²) in [6.45, 7) is 3.86. The molecule has 9 heteroatoms. The van der Waals surface area contributed by atoms with Crippen LogP contribution in [-0.2, 0) is 10.0 Å². The lowest BCUT2D eigenvalue weighted by Crippen LogP contribution is -2.60. The number of anilines is 1. The highest BCUT2D eigenvalue weighted by Gasteiger charge is 2.47. The van der Waals surface area contributed by atoms with Crippen molar-refractivity contribution in [3.8, 4) is 11.5 Å². The molecule has 6 rings (SSSR count). The smallest absolute Gasteiger partial charge is 0.362 e. The maximum Gasteiger partial charge on any atom is 0.362 e. The van der Waals surface area contributed by atoms with Gasteiger partial charge in [0.25, 0.3) is 15.9 Å². The summed E-state index contributed by atoms with van der Waals surface area (Å²) in [5.41, 5.74) is 4.60. The van der Waals surface area contributed by atoms with E-state index in [-0.39, 0.29) is 10.8 Å². The number of rotatable bonds is 5. The second-order valence-electron chi connectivity index (χ2n) is 9.99. The van der Waals surface area contributed by atoms with E-state index in [0.29, 0.717) is 34.0 Å². The molecular weight excluding hydrogens is 538 g/mol. The van der Waals surface area contributed by atoms with Gasteiger partial charge in [-0.1, -0.05) is 42.0 Å². The monoisotopic (exact) mass is 565 g/mol. The van der Waals surface area contributed by atoms with E-state index < -0.39 is 15.9 Å². The number of para-hydroxylation sites is 3. The quantitative estimate of drug-likeness (QED) is 0.296. The van der Waals surface area contributed by atoms with Crippen LogP contribution in [0.4, 0.5) is 11.4 Å². The highest BCUT2D eigenvalue weighted by Crippen LogP contribution is 2.41. The number of fused-ring (bicyclic) bond motifs is 2. The van der Waals surface area contributed by atoms with Crippen molar-refractivity contribution in [2.45, 2.75) is 24.7 Å². The Morgan fingerprint density at radius 1 is 0.902 bits per heavy atom. The van der Waals surface area contributed by atoms with Crippen molar-refractivity contribution in [2.24, 2.45) is 4.99 Å². The van der Waals surface area contributed by atoms with Crippen molar-refractivity contribution < 1.29 is 22.7 Å². The van der Waals surface area contributed by atoms with Gasteiger partial charge in [-0.2, -0.15) is 0 Å². The van der Waals surface area contributed by atoms with E-state index in [1.54, 1.807) is 92.1 Å². The lowest BCUT2D eigenvalue weighted by atomic mass is 10.0. The Kier molecular flexibility index (Phi) is 6.38. The Morgan fingerprint density at radius 2 is 1.63 bits per heavy atom. The number of hydrogen-bond acceptors (Lipinski definition) is 6. The first-order valence-electron chi connectivity index (χ1n) is 13.0. The van der Waals surface area contributed by atoms with E-state index in [1.165, 1.54) is 4.90 Å². The third-order valence-corrected chi connectivity index (χ3v) is 8.36. The normalized spacial score (nSPS) is 17.6. The van der Waals surface area contributed by atoms with E-state index >= 15 is 0 Å². The average Bonchev–Trinajstić information content (AvgIpc) is 2.96. The molecule has 206 valence electrons. The fraction of sp³-hybridized carbons (Fsp3) is 0.125. The van der Waals surface area contributed by atoms with Crippen molar-refractivity contribution in [1.82, 2.24) is 4.90 Å². The summed E-state index contributed by atoms with van der Waals surface area (Å²) in [5, 5.41) is 0. The molecule has 41 heavy (non-hydrogen) atoms. The van der Waals surface area contributed by atoms with E-state index in [4.69, 9.17) is 9.47 Å². The Labute approximate surface area is 238 Å². The van der Waals surface area contributed by atoms with Crippen LogP contribution in [0, 0.1) is 13.8 Å². The fourth-order valence-corrected chi connectivity index (χ4v) is 5.87. The molecule has 0 bridgehead atoms. The predicted octanol–water partition coefficient (Wildman–Crippen LogP) is 6.08. The number of sulfonamides is 1. The number of amides is 1. The standard InChI is InChI=1S/C32H27N3O5S/c1-21-12-14-25(15-13-21)41(37,38)34-28-10-6-5-9-27(28)33-20-24-19-22(2)18-23-16-17-32(40-30(23)24)35(3)31(36)26-8-4-7-11-29(26)39-32/h4-20,34H,1-3H3/t32-/m1/s1. The Bertz CT molecular complexity index is 1850. The van der Waals surface area contributed by atoms with Gasteiger partial charge >= 0.3 is 5.91 Å². The molecule has 8 nitrogen and oxygen atoms in total. The summed E-state index contributed by atoms with van der Waals surface area (Å²) in [6.07, 6.45) is 5.21. The van der Waals surface area contributed by atoms with Crippen LogP contribution in [0.5, 0.6) is 11.5 Å². The molecule has 0 radical (unpaired) electrons. The van der Waals surface area contributed by atoms with Gasteiger partial charge in [0.05, 0.1) is 21.8 Å². The molecule has 1 atom stereocenters. The lowest BCUT2D eigenvalue weighted by Gasteiger charge is -2.44. The van der Waals surface area contributed by atoms with Crippen LogP contribution in [0.2, 0.25) is 0 Å². The van der Waals surface area contributed by atoms with Crippen LogP contribution in [0.1, 0.15) is 32.6 Å². The first kappa shape index (κ1) is 26.3. The summed E-state index contributed by atoms with van der Waals surface area (Å²) in [4.78, 5) is 19.4. The molecule has 1 amide bonds. The second-order valence-corrected chi connectivity index (χ2v) is 11.7. The number of nitrogens with zero attached hydrogens (tertiary/aromatic N) is 2. The van der Waals surface area contributed by atoms with Gasteiger partial charge in [-0.3, -0.25) is 19.4 Å². The van der Waals surface area contributed by atoms with Crippen LogP contribution in [0.25, 0.3) is 6.08 Å². The van der Waals surface area contributed by atoms with Gasteiger partial charge in [0.2, 0.25) is 0 Å². The summed E-state index contributed by atoms with van der Waals surface area (Å²) in [5.74, 6) is -0.783. The molecule has 2 aliphatic rings. The Balaban J connectivity index is 1.34. The number of ether oxygens (including phenoxy) is 2. The van der Waals surface area contributed by atoms with Crippen LogP contribution in [-0.4, -0.2) is 38.4 Å². The number of carbonyl (C=O) groups excluding carboxylic acids is 1. The van der Waals surface area contributed by atoms with Crippen LogP contribution < -0.4 is 14.2 Å². The predicted molar refractivity (Wildman–Crippen MR) is 158 cm³/mol. The molecule has 0 saturated heterocycles. The number of aryl methyl sites for hydroxylation is 2. The van der Waals surface area contributed by atoms with E-state index in [2.05, 4.69) is 9.71 Å². The van der Waals surface area contributed by atoms with Crippen LogP contribution >= 0.6 is 0 Å². The first-order valence-corrected chi connectivity index (χ1v) is 14.5. The van der Waals surface area contributed by atoms with Gasteiger partial charge in [0.1, 0.15) is 11.5 Å². The van der Waals surface area contributed by atoms with Crippen molar-refractivity contribution in [3.05, 3.63) is 119 Å². The molecule has 4 aromatic carbocycles. The van der Waals surface area contributed by atoms with Crippen LogP contribution in [0.3, 0.4) is 0 Å². The zero-order valence-corrected chi connectivity index (χ0v) is 23.5. The number of hydrogen-bond donors (Lipinski definition) is 1. The molecule has 0 aliphatic carbocycles. The van der Waals surface area contributed by atoms with Crippen molar-refractivity contribution in [2.75, 3.05) is 11.8 Å². The lowest BCUT2D eigenvalue weighted by molar-refractivity contribution is -0.166. The molecule has 1 N–H and O–H groups in total. The van der Waals surface area contributed by atoms with Crippen molar-refractivity contribution >= 4 is 39.6 Å². The van der Waals surface area contributed by atoms with Crippen molar-refractivity contribution in [3.63, 3.8) is 0 Å². The zero-order valence-electron chi connectivity index (χ0n) is 22.7. The van der Waals surface area contributed by atoms with Gasteiger partial charge < -0.3 is 9.47 Å². The summed E-state index contributed by atoms with van der Waals surface area (Å²) >= 11 is 0. The molecule has 2 aliphatic heterocycles. The minimum Gasteiger partial charge on any atom is -0.431 e. The van der Waals surface area contributed by atoms with Gasteiger partial charge in [-0.05, 0) is 74.0 Å². The number of aliphatic imine (C=N–C) groups is 1. The number of benzene rings is 4. The minimum atomic E-state index is -3.82. The molecule has 0 aromatic heterocycles. The summed E-state index contributed by atoms with van der Waals surface area (Å²) in [7, 11) is -2.19. The molecular formula is C32H27N3O5S. The van der Waals surface area contributed by atoms with Crippen LogP contribution in [0.15, 0.2) is 101 Å². The second kappa shape index (κ2) is 9.94. The minimum absolute atomic E-state index is 0.160. The fourth-order valence-electron chi connectivity index (χ4n) is 4.79. The first-order chi connectivity index (χ1) is 19.6. The summed E-state index contributed by atoms with van der Waals surface area (Å²) < 4.78 is 41.5. The van der Waals surface area contributed by atoms with E-state index in [9.17, 15) is 13.2 Å². The molecule has 0 saturated carbocycles. The SMILES string of the molecule is Cc1ccc(S(=O)(=O)Nc2ccccc2N=Cc2cc(C)cc3c2O[C@@]2(C=C3)Oc3ccccc3C(=O)N2C)cc1. The van der Waals surface area contributed by atoms with Gasteiger partial charge in [-0.15, -0.1) is 0 Å². The largest absolute Gasteiger partial charge is 0.431 e. The number of carbonyl (C=O) groups is 1. The molecule has 2 heterocycles. The highest BCUT2D eigenvalue weighted by molar-refractivity contribution is 7.92. The number of likely N-dealkylation sites (N-methyl/N-ethyl adjacent to an activating group) is 1. The average molecular weight is 566 g/mol. The van der Waals surface area contributed by atoms with Gasteiger partial charge in [0, 0.05) is 30.5 Å². The van der Waals surface area contributed by atoms with Crippen molar-refractivity contribution in [1.29, 1.82) is 0 Å². The highest BCUT2D eigenvalue weighted by atomic mass is 32.2. The van der Waals surface area contributed by atoms with E-state index in [0.717, 1.165) is 16.7 Å². The maximum absolute atomic E-state index is 13.2. The Hall–Kier alpha value is -4.89.